The highest BCUT2D eigenvalue weighted by molar-refractivity contribution is 9.10. The molecule has 0 aliphatic carbocycles. The Morgan fingerprint density at radius 2 is 1.88 bits per heavy atom. The van der Waals surface area contributed by atoms with Crippen LogP contribution in [-0.2, 0) is 11.3 Å². The summed E-state index contributed by atoms with van der Waals surface area (Å²) >= 11 is 3.43. The van der Waals surface area contributed by atoms with Gasteiger partial charge in [-0.15, -0.1) is 0 Å². The Labute approximate surface area is 193 Å². The largest absolute Gasteiger partial charge is 0.493 e. The van der Waals surface area contributed by atoms with Crippen LogP contribution < -0.4 is 20.7 Å². The van der Waals surface area contributed by atoms with Crippen LogP contribution in [0.25, 0.3) is 10.9 Å². The first-order valence-corrected chi connectivity index (χ1v) is 11.1. The molecule has 168 valence electrons. The minimum absolute atomic E-state index is 0.0879. The normalized spacial score (nSPS) is 16.2. The lowest BCUT2D eigenvalue weighted by Gasteiger charge is -2.32. The molecule has 32 heavy (non-hydrogen) atoms. The van der Waals surface area contributed by atoms with Gasteiger partial charge in [0.15, 0.2) is 11.5 Å². The van der Waals surface area contributed by atoms with Crippen LogP contribution in [0.1, 0.15) is 24.4 Å². The molecule has 2 heterocycles. The average Bonchev–Trinajstić information content (AvgIpc) is 2.82. The van der Waals surface area contributed by atoms with E-state index in [1.807, 2.05) is 6.07 Å². The van der Waals surface area contributed by atoms with Gasteiger partial charge >= 0.3 is 5.69 Å². The van der Waals surface area contributed by atoms with Gasteiger partial charge in [-0.05, 0) is 48.7 Å². The zero-order chi connectivity index (χ0) is 22.8. The number of fused-ring (bicyclic) bond motifs is 1. The molecular weight excluding hydrogens is 478 g/mol. The summed E-state index contributed by atoms with van der Waals surface area (Å²) in [5.74, 6) is 1.09. The van der Waals surface area contributed by atoms with Gasteiger partial charge in [0.25, 0.3) is 5.56 Å². The van der Waals surface area contributed by atoms with Crippen molar-refractivity contribution < 1.29 is 14.3 Å². The third-order valence-electron chi connectivity index (χ3n) is 5.86. The minimum Gasteiger partial charge on any atom is -0.493 e. The summed E-state index contributed by atoms with van der Waals surface area (Å²) in [5.41, 5.74) is 0.558. The lowest BCUT2D eigenvalue weighted by atomic mass is 10.1. The molecule has 1 unspecified atom stereocenters. The molecule has 1 fully saturated rings. The second kappa shape index (κ2) is 9.20. The van der Waals surface area contributed by atoms with E-state index in [0.717, 1.165) is 29.3 Å². The smallest absolute Gasteiger partial charge is 0.332 e. The zero-order valence-electron chi connectivity index (χ0n) is 17.9. The third kappa shape index (κ3) is 4.04. The number of carbonyl (C=O) groups excluding carboxylic acids is 1. The molecule has 2 aromatic carbocycles. The van der Waals surface area contributed by atoms with Gasteiger partial charge < -0.3 is 14.4 Å². The van der Waals surface area contributed by atoms with Crippen molar-refractivity contribution in [1.82, 2.24) is 14.0 Å². The number of halogens is 1. The van der Waals surface area contributed by atoms with Crippen LogP contribution >= 0.6 is 15.9 Å². The summed E-state index contributed by atoms with van der Waals surface area (Å²) in [6.45, 7) is 1.19. The number of likely N-dealkylation sites (tertiary alicyclic amines) is 1. The van der Waals surface area contributed by atoms with Crippen LogP contribution in [0.15, 0.2) is 50.5 Å². The number of benzene rings is 2. The van der Waals surface area contributed by atoms with E-state index in [9.17, 15) is 14.4 Å². The molecule has 0 bridgehead atoms. The van der Waals surface area contributed by atoms with Crippen LogP contribution in [-0.4, -0.2) is 47.8 Å². The number of ether oxygens (including phenoxy) is 2. The maximum atomic E-state index is 13.6. The van der Waals surface area contributed by atoms with E-state index in [2.05, 4.69) is 15.9 Å². The van der Waals surface area contributed by atoms with Gasteiger partial charge in [-0.1, -0.05) is 22.0 Å². The predicted molar refractivity (Wildman–Crippen MR) is 125 cm³/mol. The fourth-order valence-electron chi connectivity index (χ4n) is 4.30. The van der Waals surface area contributed by atoms with Gasteiger partial charge in [-0.3, -0.25) is 18.7 Å². The second-order valence-electron chi connectivity index (χ2n) is 7.79. The Morgan fingerprint density at radius 1 is 1.09 bits per heavy atom. The number of nitrogens with zero attached hydrogens (tertiary/aromatic N) is 3. The SMILES string of the molecule is COc1ccc(Cn2c(=O)c3cc(Br)ccc3n(C3CCCN(C=O)C3)c2=O)cc1OC. The molecule has 1 atom stereocenters. The van der Waals surface area contributed by atoms with Crippen molar-refractivity contribution in [3.8, 4) is 11.5 Å². The van der Waals surface area contributed by atoms with Crippen LogP contribution in [0.4, 0.5) is 0 Å². The second-order valence-corrected chi connectivity index (χ2v) is 8.71. The molecular formula is C23H24BrN3O5. The summed E-state index contributed by atoms with van der Waals surface area (Å²) in [6.07, 6.45) is 2.36. The lowest BCUT2D eigenvalue weighted by molar-refractivity contribution is -0.119. The molecule has 1 aromatic heterocycles. The highest BCUT2D eigenvalue weighted by Crippen LogP contribution is 2.28. The topological polar surface area (TPSA) is 82.8 Å². The van der Waals surface area contributed by atoms with Gasteiger partial charge in [0, 0.05) is 17.6 Å². The summed E-state index contributed by atoms with van der Waals surface area (Å²) in [6, 6.07) is 10.4. The van der Waals surface area contributed by atoms with Crippen LogP contribution in [0.5, 0.6) is 11.5 Å². The van der Waals surface area contributed by atoms with Crippen molar-refractivity contribution in [2.75, 3.05) is 27.3 Å². The van der Waals surface area contributed by atoms with Crippen molar-refractivity contribution in [1.29, 1.82) is 0 Å². The van der Waals surface area contributed by atoms with Gasteiger partial charge in [-0.25, -0.2) is 4.79 Å². The van der Waals surface area contributed by atoms with E-state index in [1.54, 1.807) is 46.9 Å². The van der Waals surface area contributed by atoms with Gasteiger partial charge in [0.05, 0.1) is 37.7 Å². The molecule has 0 N–H and O–H groups in total. The fraction of sp³-hybridized carbons (Fsp3) is 0.348. The Kier molecular flexibility index (Phi) is 6.36. The first-order chi connectivity index (χ1) is 15.5. The Balaban J connectivity index is 1.89. The fourth-order valence-corrected chi connectivity index (χ4v) is 4.66. The summed E-state index contributed by atoms with van der Waals surface area (Å²) in [5, 5.41) is 0.447. The van der Waals surface area contributed by atoms with E-state index in [4.69, 9.17) is 9.47 Å². The van der Waals surface area contributed by atoms with E-state index >= 15 is 0 Å². The molecule has 0 saturated carbocycles. The molecule has 1 saturated heterocycles. The van der Waals surface area contributed by atoms with Crippen LogP contribution in [0.2, 0.25) is 0 Å². The molecule has 1 amide bonds. The van der Waals surface area contributed by atoms with Gasteiger partial charge in [0.2, 0.25) is 6.41 Å². The number of piperidine rings is 1. The summed E-state index contributed by atoms with van der Waals surface area (Å²) in [7, 11) is 3.09. The van der Waals surface area contributed by atoms with Crippen molar-refractivity contribution in [2.45, 2.75) is 25.4 Å². The molecule has 0 radical (unpaired) electrons. The monoisotopic (exact) mass is 501 g/mol. The van der Waals surface area contributed by atoms with E-state index in [-0.39, 0.29) is 18.1 Å². The van der Waals surface area contributed by atoms with E-state index < -0.39 is 5.69 Å². The first kappa shape index (κ1) is 22.1. The highest BCUT2D eigenvalue weighted by atomic mass is 79.9. The standard InChI is InChI=1S/C23H24BrN3O5/c1-31-20-8-5-15(10-21(20)32-2)12-26-22(29)18-11-16(24)6-7-19(18)27(23(26)30)17-4-3-9-25(13-17)14-28/h5-8,10-11,14,17H,3-4,9,12-13H2,1-2H3. The molecule has 3 aromatic rings. The lowest BCUT2D eigenvalue weighted by Crippen LogP contribution is -2.45. The van der Waals surface area contributed by atoms with Gasteiger partial charge in [-0.2, -0.15) is 0 Å². The van der Waals surface area contributed by atoms with Crippen LogP contribution in [0.3, 0.4) is 0 Å². The number of carbonyl (C=O) groups is 1. The number of methoxy groups -OCH3 is 2. The number of hydrogen-bond acceptors (Lipinski definition) is 5. The quantitative estimate of drug-likeness (QED) is 0.485. The zero-order valence-corrected chi connectivity index (χ0v) is 19.5. The Morgan fingerprint density at radius 3 is 2.59 bits per heavy atom. The third-order valence-corrected chi connectivity index (χ3v) is 6.35. The highest BCUT2D eigenvalue weighted by Gasteiger charge is 2.25. The van der Waals surface area contributed by atoms with Crippen molar-refractivity contribution >= 4 is 33.2 Å². The molecule has 1 aliphatic rings. The van der Waals surface area contributed by atoms with Gasteiger partial charge in [0.1, 0.15) is 0 Å². The number of amides is 1. The minimum atomic E-state index is -0.391. The van der Waals surface area contributed by atoms with Crippen molar-refractivity contribution in [3.05, 3.63) is 67.3 Å². The van der Waals surface area contributed by atoms with Crippen molar-refractivity contribution in [2.24, 2.45) is 0 Å². The summed E-state index contributed by atoms with van der Waals surface area (Å²) < 4.78 is 14.3. The molecule has 8 nitrogen and oxygen atoms in total. The summed E-state index contributed by atoms with van der Waals surface area (Å²) in [4.78, 5) is 40.0. The van der Waals surface area contributed by atoms with E-state index in [0.29, 0.717) is 35.5 Å². The molecule has 4 rings (SSSR count). The Hall–Kier alpha value is -3.07. The Bertz CT molecular complexity index is 1280. The first-order valence-electron chi connectivity index (χ1n) is 10.3. The maximum absolute atomic E-state index is 13.6. The predicted octanol–water partition coefficient (Wildman–Crippen LogP) is 2.78. The van der Waals surface area contributed by atoms with E-state index in [1.165, 1.54) is 11.7 Å². The average molecular weight is 502 g/mol. The maximum Gasteiger partial charge on any atom is 0.332 e. The molecule has 9 heteroatoms. The van der Waals surface area contributed by atoms with Crippen molar-refractivity contribution in [3.63, 3.8) is 0 Å². The number of rotatable bonds is 6. The molecule has 1 aliphatic heterocycles. The number of aromatic nitrogens is 2. The number of hydrogen-bond donors (Lipinski definition) is 0. The molecule has 0 spiro atoms. The van der Waals surface area contributed by atoms with Crippen LogP contribution in [0, 0.1) is 0 Å².